The minimum atomic E-state index is -0.795. The zero-order valence-corrected chi connectivity index (χ0v) is 16.6. The lowest BCUT2D eigenvalue weighted by atomic mass is 9.91. The number of nitrogens with two attached hydrogens (primary N) is 1. The van der Waals surface area contributed by atoms with Crippen LogP contribution in [-0.2, 0) is 14.3 Å². The Kier molecular flexibility index (Phi) is 5.25. The minimum absolute atomic E-state index is 0.0388. The van der Waals surface area contributed by atoms with Crippen molar-refractivity contribution < 1.29 is 14.3 Å². The molecule has 1 atom stereocenters. The number of nitrogens with zero attached hydrogens (tertiary/aromatic N) is 3. The predicted molar refractivity (Wildman–Crippen MR) is 110 cm³/mol. The Balaban J connectivity index is 1.65. The first kappa shape index (κ1) is 19.4. The molecule has 2 aromatic rings. The fourth-order valence-corrected chi connectivity index (χ4v) is 3.65. The average molecular weight is 417 g/mol. The van der Waals surface area contributed by atoms with Gasteiger partial charge in [-0.15, -0.1) is 0 Å². The molecule has 2 amide bonds. The van der Waals surface area contributed by atoms with Crippen molar-refractivity contribution in [1.82, 2.24) is 9.97 Å². The maximum Gasteiger partial charge on any atom is 0.232 e. The van der Waals surface area contributed by atoms with E-state index in [0.717, 1.165) is 5.56 Å². The Morgan fingerprint density at radius 1 is 1.34 bits per heavy atom. The summed E-state index contributed by atoms with van der Waals surface area (Å²) in [5.74, 6) is -0.586. The molecule has 1 aromatic heterocycles. The van der Waals surface area contributed by atoms with Crippen LogP contribution in [0.2, 0.25) is 5.02 Å². The molecule has 0 radical (unpaired) electrons. The number of hydrogen-bond donors (Lipinski definition) is 3. The molecule has 1 aromatic carbocycles. The number of benzene rings is 1. The quantitative estimate of drug-likeness (QED) is 0.698. The zero-order chi connectivity index (χ0) is 20.5. The Morgan fingerprint density at radius 3 is 2.86 bits per heavy atom. The minimum Gasteiger partial charge on any atom is -0.383 e. The number of ether oxygens (including phenoxy) is 1. The number of rotatable bonds is 3. The molecule has 0 unspecified atom stereocenters. The number of anilines is 4. The van der Waals surface area contributed by atoms with Crippen LogP contribution < -0.4 is 21.3 Å². The molecule has 152 valence electrons. The largest absolute Gasteiger partial charge is 0.383 e. The van der Waals surface area contributed by atoms with Crippen molar-refractivity contribution in [3.8, 4) is 0 Å². The van der Waals surface area contributed by atoms with Crippen LogP contribution >= 0.6 is 11.6 Å². The highest BCUT2D eigenvalue weighted by Gasteiger charge is 2.35. The van der Waals surface area contributed by atoms with Crippen LogP contribution in [0.15, 0.2) is 18.2 Å². The number of halogens is 1. The van der Waals surface area contributed by atoms with Crippen LogP contribution in [0.3, 0.4) is 0 Å². The van der Waals surface area contributed by atoms with Gasteiger partial charge in [-0.2, -0.15) is 9.97 Å². The Labute approximate surface area is 172 Å². The second kappa shape index (κ2) is 7.84. The number of carbonyl (C=O) groups excluding carboxylic acids is 2. The van der Waals surface area contributed by atoms with E-state index >= 15 is 0 Å². The van der Waals surface area contributed by atoms with E-state index in [2.05, 4.69) is 20.6 Å². The topological polar surface area (TPSA) is 122 Å². The van der Waals surface area contributed by atoms with Gasteiger partial charge in [-0.3, -0.25) is 9.59 Å². The summed E-state index contributed by atoms with van der Waals surface area (Å²) in [7, 11) is 0. The molecular formula is C19H21ClN6O3. The lowest BCUT2D eigenvalue weighted by Crippen LogP contribution is -2.38. The van der Waals surface area contributed by atoms with E-state index < -0.39 is 5.92 Å². The van der Waals surface area contributed by atoms with E-state index in [9.17, 15) is 9.59 Å². The summed E-state index contributed by atoms with van der Waals surface area (Å²) < 4.78 is 5.34. The van der Waals surface area contributed by atoms with Gasteiger partial charge in [-0.05, 0) is 24.6 Å². The van der Waals surface area contributed by atoms with E-state index in [1.54, 1.807) is 18.2 Å². The van der Waals surface area contributed by atoms with Crippen LogP contribution in [0.5, 0.6) is 0 Å². The highest BCUT2D eigenvalue weighted by Crippen LogP contribution is 2.37. The van der Waals surface area contributed by atoms with E-state index in [0.29, 0.717) is 48.5 Å². The molecule has 9 nitrogen and oxygen atoms in total. The van der Waals surface area contributed by atoms with Crippen molar-refractivity contribution in [2.24, 2.45) is 0 Å². The standard InChI is InChI=1S/C19H21ClN6O3/c1-10-12(20)3-2-4-13(10)22-18(28)11-9-14(27)23-17-15(11)16(21)24-19(25-17)26-5-7-29-8-6-26/h2-4,11H,5-9H2,1H3,(H,22,28)(H3,21,23,24,25,27)/t11-/m1/s1. The number of nitrogen functional groups attached to an aromatic ring is 1. The van der Waals surface area contributed by atoms with Crippen LogP contribution in [0.4, 0.5) is 23.3 Å². The molecule has 0 saturated carbocycles. The third kappa shape index (κ3) is 3.83. The molecular weight excluding hydrogens is 396 g/mol. The second-order valence-electron chi connectivity index (χ2n) is 6.98. The van der Waals surface area contributed by atoms with Gasteiger partial charge in [0.05, 0.1) is 24.7 Å². The third-order valence-corrected chi connectivity index (χ3v) is 5.50. The highest BCUT2D eigenvalue weighted by molar-refractivity contribution is 6.31. The third-order valence-electron chi connectivity index (χ3n) is 5.10. The van der Waals surface area contributed by atoms with Crippen molar-refractivity contribution in [1.29, 1.82) is 0 Å². The van der Waals surface area contributed by atoms with Gasteiger partial charge >= 0.3 is 0 Å². The fourth-order valence-electron chi connectivity index (χ4n) is 3.48. The predicted octanol–water partition coefficient (Wildman–Crippen LogP) is 1.92. The van der Waals surface area contributed by atoms with Crippen molar-refractivity contribution in [2.75, 3.05) is 47.6 Å². The number of nitrogens with one attached hydrogen (secondary N) is 2. The molecule has 4 N–H and O–H groups in total. The molecule has 1 saturated heterocycles. The molecule has 10 heteroatoms. The Bertz CT molecular complexity index is 977. The monoisotopic (exact) mass is 416 g/mol. The maximum atomic E-state index is 13.0. The summed E-state index contributed by atoms with van der Waals surface area (Å²) in [5, 5.41) is 6.11. The molecule has 3 heterocycles. The van der Waals surface area contributed by atoms with Gasteiger partial charge in [0.1, 0.15) is 11.6 Å². The summed E-state index contributed by atoms with van der Waals surface area (Å²) in [6.45, 7) is 4.20. The van der Waals surface area contributed by atoms with Gasteiger partial charge in [0.15, 0.2) is 0 Å². The van der Waals surface area contributed by atoms with Gasteiger partial charge in [-0.1, -0.05) is 17.7 Å². The van der Waals surface area contributed by atoms with Gasteiger partial charge in [0.2, 0.25) is 17.8 Å². The molecule has 0 spiro atoms. The van der Waals surface area contributed by atoms with Crippen LogP contribution in [0, 0.1) is 6.92 Å². The number of carbonyl (C=O) groups is 2. The molecule has 0 bridgehead atoms. The first-order valence-corrected chi connectivity index (χ1v) is 9.67. The van der Waals surface area contributed by atoms with E-state index in [1.807, 2.05) is 11.8 Å². The van der Waals surface area contributed by atoms with Crippen LogP contribution in [0.25, 0.3) is 0 Å². The number of fused-ring (bicyclic) bond motifs is 1. The first-order chi connectivity index (χ1) is 13.9. The molecule has 4 rings (SSSR count). The molecule has 0 aliphatic carbocycles. The lowest BCUT2D eigenvalue weighted by Gasteiger charge is -2.30. The first-order valence-electron chi connectivity index (χ1n) is 9.30. The van der Waals surface area contributed by atoms with Crippen LogP contribution in [0.1, 0.15) is 23.5 Å². The Hall–Kier alpha value is -2.91. The van der Waals surface area contributed by atoms with Gasteiger partial charge in [-0.25, -0.2) is 0 Å². The summed E-state index contributed by atoms with van der Waals surface area (Å²) in [6, 6.07) is 5.25. The average Bonchev–Trinajstić information content (AvgIpc) is 2.71. The summed E-state index contributed by atoms with van der Waals surface area (Å²) in [5.41, 5.74) is 7.97. The molecule has 2 aliphatic heterocycles. The van der Waals surface area contributed by atoms with E-state index in [4.69, 9.17) is 22.1 Å². The van der Waals surface area contributed by atoms with Crippen molar-refractivity contribution >= 4 is 46.7 Å². The molecule has 2 aliphatic rings. The van der Waals surface area contributed by atoms with E-state index in [1.165, 1.54) is 0 Å². The smallest absolute Gasteiger partial charge is 0.232 e. The summed E-state index contributed by atoms with van der Waals surface area (Å²) in [4.78, 5) is 36.1. The molecule has 1 fully saturated rings. The second-order valence-corrected chi connectivity index (χ2v) is 7.38. The van der Waals surface area contributed by atoms with Gasteiger partial charge < -0.3 is 26.0 Å². The van der Waals surface area contributed by atoms with Crippen molar-refractivity contribution in [3.63, 3.8) is 0 Å². The van der Waals surface area contributed by atoms with Gasteiger partial charge in [0.25, 0.3) is 0 Å². The summed E-state index contributed by atoms with van der Waals surface area (Å²) in [6.07, 6.45) is -0.0388. The number of hydrogen-bond acceptors (Lipinski definition) is 7. The normalized spacial score (nSPS) is 18.8. The number of amides is 2. The lowest BCUT2D eigenvalue weighted by molar-refractivity contribution is -0.123. The number of morpholine rings is 1. The summed E-state index contributed by atoms with van der Waals surface area (Å²) >= 11 is 6.13. The van der Waals surface area contributed by atoms with Crippen molar-refractivity contribution in [2.45, 2.75) is 19.3 Å². The SMILES string of the molecule is Cc1c(Cl)cccc1NC(=O)[C@@H]1CC(=O)Nc2nc(N3CCOCC3)nc(N)c21. The Morgan fingerprint density at radius 2 is 2.10 bits per heavy atom. The van der Waals surface area contributed by atoms with Gasteiger partial charge in [0, 0.05) is 30.2 Å². The highest BCUT2D eigenvalue weighted by atomic mass is 35.5. The fraction of sp³-hybridized carbons (Fsp3) is 0.368. The number of aromatic nitrogens is 2. The zero-order valence-electron chi connectivity index (χ0n) is 15.9. The van der Waals surface area contributed by atoms with Crippen molar-refractivity contribution in [3.05, 3.63) is 34.3 Å². The van der Waals surface area contributed by atoms with Crippen LogP contribution in [-0.4, -0.2) is 48.1 Å². The maximum absolute atomic E-state index is 13.0. The molecule has 29 heavy (non-hydrogen) atoms. The van der Waals surface area contributed by atoms with E-state index in [-0.39, 0.29) is 29.9 Å².